The van der Waals surface area contributed by atoms with Gasteiger partial charge in [0.25, 0.3) is 0 Å². The van der Waals surface area contributed by atoms with Crippen molar-refractivity contribution < 1.29 is 0 Å². The molecule has 6 heteroatoms. The maximum atomic E-state index is 2.87. The third-order valence-electron chi connectivity index (χ3n) is 9.50. The van der Waals surface area contributed by atoms with Crippen molar-refractivity contribution in [3.05, 3.63) is 0 Å². The van der Waals surface area contributed by atoms with E-state index in [0.29, 0.717) is 20.2 Å². The molecule has 0 saturated heterocycles. The molecule has 0 N–H and O–H groups in total. The molecule has 1 rings (SSSR count). The summed E-state index contributed by atoms with van der Waals surface area (Å²) in [5.74, 6) is 0. The van der Waals surface area contributed by atoms with Crippen molar-refractivity contribution in [2.45, 2.75) is 156 Å². The maximum absolute atomic E-state index is 2.87. The van der Waals surface area contributed by atoms with E-state index in [1.165, 1.54) is 0 Å². The minimum atomic E-state index is -1.61. The van der Waals surface area contributed by atoms with E-state index in [1.807, 2.05) is 0 Å². The Kier molecular flexibility index (Phi) is 8.05. The van der Waals surface area contributed by atoms with Crippen LogP contribution in [0.25, 0.3) is 0 Å². The van der Waals surface area contributed by atoms with Gasteiger partial charge in [-0.1, -0.05) is 144 Å². The van der Waals surface area contributed by atoms with Crippen molar-refractivity contribution >= 4 is 56.0 Å². The van der Waals surface area contributed by atoms with Crippen LogP contribution in [0, 0.1) is 0 Å². The van der Waals surface area contributed by atoms with E-state index in [2.05, 4.69) is 144 Å². The highest BCUT2D eigenvalue weighted by Crippen LogP contribution is 2.56. The summed E-state index contributed by atoms with van der Waals surface area (Å²) in [6.07, 6.45) is 0. The van der Waals surface area contributed by atoms with Crippen LogP contribution in [0.3, 0.4) is 0 Å². The Hall–Kier alpha value is 1.04. The van der Waals surface area contributed by atoms with Crippen molar-refractivity contribution in [1.29, 1.82) is 0 Å². The lowest BCUT2D eigenvalue weighted by molar-refractivity contribution is 0.636. The monoisotopic (exact) mass is 540 g/mol. The fourth-order valence-electron chi connectivity index (χ4n) is 6.69. The van der Waals surface area contributed by atoms with Gasteiger partial charge < -0.3 is 0 Å². The average Bonchev–Trinajstić information content (AvgIpc) is 2.37. The second-order valence-corrected chi connectivity index (χ2v) is 53.2. The van der Waals surface area contributed by atoms with Crippen LogP contribution in [0.1, 0.15) is 83.1 Å². The first kappa shape index (κ1) is 31.1. The van der Waals surface area contributed by atoms with Gasteiger partial charge in [-0.2, -0.15) is 0 Å². The van der Waals surface area contributed by atoms with Gasteiger partial charge in [-0.25, -0.2) is 0 Å². The molecule has 0 aromatic rings. The molecule has 0 aliphatic carbocycles. The second-order valence-electron chi connectivity index (χ2n) is 17.2. The largest absolute Gasteiger partial charge is 0.0946 e. The molecule has 0 aromatic heterocycles. The minimum absolute atomic E-state index is 0.449. The molecular formula is C26H60Si6. The molecule has 0 unspecified atom stereocenters. The minimum Gasteiger partial charge on any atom is -0.0946 e. The summed E-state index contributed by atoms with van der Waals surface area (Å²) in [6, 6.07) is 0. The highest BCUT2D eigenvalue weighted by atomic mass is 29.3. The molecule has 0 aromatic carbocycles. The molecule has 0 fully saturated rings. The van der Waals surface area contributed by atoms with E-state index in [4.69, 9.17) is 0 Å². The molecule has 0 saturated carbocycles. The lowest BCUT2D eigenvalue weighted by Gasteiger charge is -2.63. The van der Waals surface area contributed by atoms with Gasteiger partial charge in [-0.3, -0.25) is 0 Å². The quantitative estimate of drug-likeness (QED) is 0.312. The Labute approximate surface area is 210 Å². The van der Waals surface area contributed by atoms with Gasteiger partial charge in [0.05, 0.1) is 31.3 Å². The molecule has 1 aliphatic rings. The van der Waals surface area contributed by atoms with Crippen LogP contribution in [0.5, 0.6) is 0 Å². The Balaban J connectivity index is 4.40. The highest BCUT2D eigenvalue weighted by molar-refractivity contribution is 7.83. The fraction of sp³-hybridized carbons (Fsp3) is 0.923. The van der Waals surface area contributed by atoms with Gasteiger partial charge in [-0.15, -0.1) is 0 Å². The van der Waals surface area contributed by atoms with Gasteiger partial charge in [-0.05, 0) is 20.2 Å². The smallest absolute Gasteiger partial charge is 0.0753 e. The molecule has 0 nitrogen and oxygen atoms in total. The Morgan fingerprint density at radius 2 is 0.531 bits per heavy atom. The van der Waals surface area contributed by atoms with E-state index in [0.717, 1.165) is 0 Å². The van der Waals surface area contributed by atoms with Gasteiger partial charge in [0.15, 0.2) is 0 Å². The van der Waals surface area contributed by atoms with E-state index in [9.17, 15) is 0 Å². The van der Waals surface area contributed by atoms with Crippen molar-refractivity contribution in [2.24, 2.45) is 0 Å². The van der Waals surface area contributed by atoms with E-state index in [1.54, 1.807) is 0 Å². The second kappa shape index (κ2) is 8.29. The Morgan fingerprint density at radius 3 is 0.625 bits per heavy atom. The van der Waals surface area contributed by atoms with E-state index < -0.39 is 47.2 Å². The SMILES string of the molecule is CC(C)(C)[Si](C)([Si]1=C([Si](C)(C)C)[Si]([Si](C)(C(C)(C)C)C(C)(C)C)=C1[Si](C)(C)C)C(C)(C)C. The topological polar surface area (TPSA) is 0 Å². The van der Waals surface area contributed by atoms with E-state index in [-0.39, 0.29) is 0 Å². The molecule has 1 aliphatic heterocycles. The zero-order chi connectivity index (χ0) is 26.3. The summed E-state index contributed by atoms with van der Waals surface area (Å²) in [6.45, 7) is 53.7. The number of hydrogen-bond donors (Lipinski definition) is 0. The molecule has 0 radical (unpaired) electrons. The first-order chi connectivity index (χ1) is 13.5. The molecule has 188 valence electrons. The van der Waals surface area contributed by atoms with Crippen molar-refractivity contribution in [3.8, 4) is 0 Å². The van der Waals surface area contributed by atoms with Crippen molar-refractivity contribution in [3.63, 3.8) is 0 Å². The normalized spacial score (nSPS) is 18.4. The molecule has 0 atom stereocenters. The first-order valence-electron chi connectivity index (χ1n) is 13.0. The Bertz CT molecular complexity index is 694. The Morgan fingerprint density at radius 1 is 0.375 bits per heavy atom. The van der Waals surface area contributed by atoms with Crippen molar-refractivity contribution in [2.75, 3.05) is 0 Å². The number of rotatable bonds is 4. The third-order valence-corrected chi connectivity index (χ3v) is 67.5. The lowest BCUT2D eigenvalue weighted by Crippen LogP contribution is -2.83. The standard InChI is InChI=1S/C26H60Si6/c1-23(2,3)31(19,24(4,5)6)27-21(29(13,14)15)28(22(27)30(16,17)18)32(20,25(7,8)9)26(10,11)12/h1-20H3. The van der Waals surface area contributed by atoms with Crippen LogP contribution in [0.15, 0.2) is 0 Å². The zero-order valence-electron chi connectivity index (χ0n) is 26.0. The third kappa shape index (κ3) is 4.72. The predicted molar refractivity (Wildman–Crippen MR) is 170 cm³/mol. The van der Waals surface area contributed by atoms with E-state index >= 15 is 0 Å². The lowest BCUT2D eigenvalue weighted by atomic mass is 10.2. The summed E-state index contributed by atoms with van der Waals surface area (Å²) in [5.41, 5.74) is 0. The number of hydrogen-bond acceptors (Lipinski definition) is 0. The average molecular weight is 541 g/mol. The summed E-state index contributed by atoms with van der Waals surface area (Å²) in [5, 5.41) is 1.79. The molecule has 1 heterocycles. The highest BCUT2D eigenvalue weighted by Gasteiger charge is 2.64. The molecular weight excluding hydrogens is 481 g/mol. The zero-order valence-corrected chi connectivity index (χ0v) is 32.0. The predicted octanol–water partition coefficient (Wildman–Crippen LogP) is 8.85. The fourth-order valence-corrected chi connectivity index (χ4v) is 88.3. The van der Waals surface area contributed by atoms with Gasteiger partial charge in [0.1, 0.15) is 0 Å². The first-order valence-corrected chi connectivity index (χ1v) is 30.0. The van der Waals surface area contributed by atoms with Crippen LogP contribution in [0.2, 0.25) is 72.5 Å². The van der Waals surface area contributed by atoms with Gasteiger partial charge in [0, 0.05) is 15.9 Å². The van der Waals surface area contributed by atoms with Crippen molar-refractivity contribution in [1.82, 2.24) is 0 Å². The molecule has 0 spiro atoms. The summed E-state index contributed by atoms with van der Waals surface area (Å²) in [7, 11) is -7.10. The van der Waals surface area contributed by atoms with Crippen LogP contribution in [0.4, 0.5) is 0 Å². The summed E-state index contributed by atoms with van der Waals surface area (Å²) < 4.78 is 4.62. The summed E-state index contributed by atoms with van der Waals surface area (Å²) in [4.78, 5) is 0. The van der Waals surface area contributed by atoms with Crippen LogP contribution in [-0.4, -0.2) is 56.0 Å². The van der Waals surface area contributed by atoms with Crippen LogP contribution < -0.4 is 0 Å². The molecule has 32 heavy (non-hydrogen) atoms. The van der Waals surface area contributed by atoms with Gasteiger partial charge in [0.2, 0.25) is 0 Å². The molecule has 0 bridgehead atoms. The van der Waals surface area contributed by atoms with Crippen LogP contribution >= 0.6 is 0 Å². The van der Waals surface area contributed by atoms with Gasteiger partial charge >= 0.3 is 0 Å². The molecule has 0 amide bonds. The summed E-state index contributed by atoms with van der Waals surface area (Å²) >= 11 is 0. The van der Waals surface area contributed by atoms with Crippen LogP contribution in [-0.2, 0) is 0 Å². The maximum Gasteiger partial charge on any atom is 0.0753 e.